The summed E-state index contributed by atoms with van der Waals surface area (Å²) in [6, 6.07) is 6.06. The molecule has 0 fully saturated rings. The lowest BCUT2D eigenvalue weighted by Gasteiger charge is -2.21. The van der Waals surface area contributed by atoms with Gasteiger partial charge in [0.25, 0.3) is 0 Å². The summed E-state index contributed by atoms with van der Waals surface area (Å²) in [5.41, 5.74) is 0.210. The van der Waals surface area contributed by atoms with Gasteiger partial charge in [0.2, 0.25) is 11.8 Å². The van der Waals surface area contributed by atoms with Crippen molar-refractivity contribution in [3.05, 3.63) is 30.1 Å². The van der Waals surface area contributed by atoms with Gasteiger partial charge in [-0.1, -0.05) is 25.5 Å². The molecular weight excluding hydrogens is 259 g/mol. The molecule has 0 radical (unpaired) electrons. The molecular formula is C15H21FN2O2. The van der Waals surface area contributed by atoms with Gasteiger partial charge in [-0.05, 0) is 18.6 Å². The molecule has 0 aromatic heterocycles. The lowest BCUT2D eigenvalue weighted by atomic mass is 10.2. The Balaban J connectivity index is 2.59. The maximum Gasteiger partial charge on any atom is 0.223 e. The summed E-state index contributed by atoms with van der Waals surface area (Å²) in [7, 11) is 0. The van der Waals surface area contributed by atoms with Crippen LogP contribution in [-0.2, 0) is 9.59 Å². The van der Waals surface area contributed by atoms with Gasteiger partial charge in [-0.25, -0.2) is 4.39 Å². The van der Waals surface area contributed by atoms with Crippen LogP contribution in [-0.4, -0.2) is 24.9 Å². The summed E-state index contributed by atoms with van der Waals surface area (Å²) in [4.78, 5) is 24.5. The van der Waals surface area contributed by atoms with Crippen molar-refractivity contribution in [1.29, 1.82) is 0 Å². The number of anilines is 1. The number of rotatable bonds is 7. The van der Waals surface area contributed by atoms with Crippen molar-refractivity contribution in [3.63, 3.8) is 0 Å². The molecule has 0 aliphatic carbocycles. The van der Waals surface area contributed by atoms with E-state index in [4.69, 9.17) is 0 Å². The first-order valence-corrected chi connectivity index (χ1v) is 6.85. The maximum atomic E-state index is 13.7. The zero-order chi connectivity index (χ0) is 15.0. The van der Waals surface area contributed by atoms with E-state index in [-0.39, 0.29) is 30.5 Å². The highest BCUT2D eigenvalue weighted by Crippen LogP contribution is 2.18. The Morgan fingerprint density at radius 1 is 1.30 bits per heavy atom. The van der Waals surface area contributed by atoms with Crippen molar-refractivity contribution < 1.29 is 14.0 Å². The van der Waals surface area contributed by atoms with Crippen molar-refractivity contribution in [2.75, 3.05) is 18.0 Å². The zero-order valence-corrected chi connectivity index (χ0v) is 12.0. The first-order valence-electron chi connectivity index (χ1n) is 6.85. The first-order chi connectivity index (χ1) is 9.56. The molecule has 0 aliphatic heterocycles. The second kappa shape index (κ2) is 8.30. The Labute approximate surface area is 119 Å². The predicted molar refractivity (Wildman–Crippen MR) is 77.0 cm³/mol. The Kier molecular flexibility index (Phi) is 6.70. The summed E-state index contributed by atoms with van der Waals surface area (Å²) >= 11 is 0. The van der Waals surface area contributed by atoms with Gasteiger partial charge in [0.05, 0.1) is 5.69 Å². The van der Waals surface area contributed by atoms with Gasteiger partial charge in [0.15, 0.2) is 0 Å². The number of hydrogen-bond donors (Lipinski definition) is 1. The van der Waals surface area contributed by atoms with Crippen molar-refractivity contribution in [2.45, 2.75) is 33.1 Å². The van der Waals surface area contributed by atoms with Crippen LogP contribution >= 0.6 is 0 Å². The number of amides is 2. The van der Waals surface area contributed by atoms with E-state index in [0.717, 1.165) is 12.8 Å². The number of carbonyl (C=O) groups excluding carboxylic acids is 2. The van der Waals surface area contributed by atoms with E-state index in [1.807, 2.05) is 6.92 Å². The van der Waals surface area contributed by atoms with Crippen LogP contribution in [0.1, 0.15) is 33.1 Å². The number of benzene rings is 1. The highest BCUT2D eigenvalue weighted by molar-refractivity contribution is 5.92. The summed E-state index contributed by atoms with van der Waals surface area (Å²) in [5.74, 6) is -0.869. The Hall–Kier alpha value is -1.91. The number of nitrogens with zero attached hydrogens (tertiary/aromatic N) is 1. The SMILES string of the molecule is CCCCNC(=O)CCN(C(C)=O)c1ccccc1F. The van der Waals surface area contributed by atoms with E-state index in [1.54, 1.807) is 12.1 Å². The second-order valence-electron chi connectivity index (χ2n) is 4.58. The lowest BCUT2D eigenvalue weighted by Crippen LogP contribution is -2.34. The molecule has 0 saturated carbocycles. The minimum atomic E-state index is -0.464. The highest BCUT2D eigenvalue weighted by atomic mass is 19.1. The molecule has 0 saturated heterocycles. The van der Waals surface area contributed by atoms with Crippen LogP contribution in [0.15, 0.2) is 24.3 Å². The van der Waals surface area contributed by atoms with Crippen LogP contribution in [0, 0.1) is 5.82 Å². The van der Waals surface area contributed by atoms with E-state index in [1.165, 1.54) is 24.0 Å². The number of nitrogens with one attached hydrogen (secondary N) is 1. The molecule has 0 atom stereocenters. The number of unbranched alkanes of at least 4 members (excludes halogenated alkanes) is 1. The Morgan fingerprint density at radius 3 is 2.60 bits per heavy atom. The summed E-state index contributed by atoms with van der Waals surface area (Å²) in [6.45, 7) is 4.21. The fourth-order valence-corrected chi connectivity index (χ4v) is 1.82. The molecule has 1 aromatic carbocycles. The second-order valence-corrected chi connectivity index (χ2v) is 4.58. The van der Waals surface area contributed by atoms with Gasteiger partial charge in [0.1, 0.15) is 5.82 Å². The van der Waals surface area contributed by atoms with Crippen LogP contribution in [0.4, 0.5) is 10.1 Å². The summed E-state index contributed by atoms with van der Waals surface area (Å²) in [6.07, 6.45) is 2.10. The van der Waals surface area contributed by atoms with Crippen LogP contribution < -0.4 is 10.2 Å². The van der Waals surface area contributed by atoms with Gasteiger partial charge < -0.3 is 10.2 Å². The summed E-state index contributed by atoms with van der Waals surface area (Å²) < 4.78 is 13.7. The average Bonchev–Trinajstić information content (AvgIpc) is 2.41. The maximum absolute atomic E-state index is 13.7. The standard InChI is InChI=1S/C15H21FN2O2/c1-3-4-10-17-15(20)9-11-18(12(2)19)14-8-6-5-7-13(14)16/h5-8H,3-4,9-11H2,1-2H3,(H,17,20). The van der Waals surface area contributed by atoms with Gasteiger partial charge in [-0.2, -0.15) is 0 Å². The van der Waals surface area contributed by atoms with E-state index >= 15 is 0 Å². The van der Waals surface area contributed by atoms with Crippen molar-refractivity contribution in [3.8, 4) is 0 Å². The number of halogens is 1. The number of para-hydroxylation sites is 1. The molecule has 0 spiro atoms. The van der Waals surface area contributed by atoms with Crippen molar-refractivity contribution in [2.24, 2.45) is 0 Å². The average molecular weight is 280 g/mol. The van der Waals surface area contributed by atoms with E-state index in [2.05, 4.69) is 5.32 Å². The molecule has 110 valence electrons. The molecule has 1 rings (SSSR count). The molecule has 20 heavy (non-hydrogen) atoms. The van der Waals surface area contributed by atoms with Crippen LogP contribution in [0.2, 0.25) is 0 Å². The van der Waals surface area contributed by atoms with Gasteiger partial charge in [-0.3, -0.25) is 9.59 Å². The third-order valence-electron chi connectivity index (χ3n) is 2.94. The zero-order valence-electron chi connectivity index (χ0n) is 12.0. The largest absolute Gasteiger partial charge is 0.356 e. The van der Waals surface area contributed by atoms with Crippen LogP contribution in [0.5, 0.6) is 0 Å². The number of hydrogen-bond acceptors (Lipinski definition) is 2. The Morgan fingerprint density at radius 2 is 2.00 bits per heavy atom. The quantitative estimate of drug-likeness (QED) is 0.780. The fourth-order valence-electron chi connectivity index (χ4n) is 1.82. The molecule has 2 amide bonds. The van der Waals surface area contributed by atoms with Crippen LogP contribution in [0.3, 0.4) is 0 Å². The minimum Gasteiger partial charge on any atom is -0.356 e. The summed E-state index contributed by atoms with van der Waals surface area (Å²) in [5, 5.41) is 2.77. The monoisotopic (exact) mass is 280 g/mol. The van der Waals surface area contributed by atoms with E-state index < -0.39 is 5.82 Å². The third-order valence-corrected chi connectivity index (χ3v) is 2.94. The van der Waals surface area contributed by atoms with E-state index in [9.17, 15) is 14.0 Å². The van der Waals surface area contributed by atoms with Gasteiger partial charge in [0, 0.05) is 26.4 Å². The van der Waals surface area contributed by atoms with Gasteiger partial charge in [-0.15, -0.1) is 0 Å². The van der Waals surface area contributed by atoms with Crippen molar-refractivity contribution in [1.82, 2.24) is 5.32 Å². The molecule has 4 nitrogen and oxygen atoms in total. The molecule has 0 heterocycles. The molecule has 0 unspecified atom stereocenters. The number of carbonyl (C=O) groups is 2. The van der Waals surface area contributed by atoms with Gasteiger partial charge >= 0.3 is 0 Å². The highest BCUT2D eigenvalue weighted by Gasteiger charge is 2.16. The molecule has 0 bridgehead atoms. The van der Waals surface area contributed by atoms with E-state index in [0.29, 0.717) is 6.54 Å². The van der Waals surface area contributed by atoms with Crippen LogP contribution in [0.25, 0.3) is 0 Å². The normalized spacial score (nSPS) is 10.2. The molecule has 5 heteroatoms. The first kappa shape index (κ1) is 16.1. The Bertz CT molecular complexity index is 463. The topological polar surface area (TPSA) is 49.4 Å². The van der Waals surface area contributed by atoms with Crippen molar-refractivity contribution >= 4 is 17.5 Å². The molecule has 1 aromatic rings. The smallest absolute Gasteiger partial charge is 0.223 e. The predicted octanol–water partition coefficient (Wildman–Crippen LogP) is 2.49. The molecule has 1 N–H and O–H groups in total. The minimum absolute atomic E-state index is 0.124. The molecule has 0 aliphatic rings. The third kappa shape index (κ3) is 4.99. The lowest BCUT2D eigenvalue weighted by molar-refractivity contribution is -0.121. The fraction of sp³-hybridized carbons (Fsp3) is 0.467.